The maximum Gasteiger partial charge on any atom is 0.401 e. The van der Waals surface area contributed by atoms with E-state index in [4.69, 9.17) is 0 Å². The summed E-state index contributed by atoms with van der Waals surface area (Å²) in [5.74, 6) is 0.651. The molecule has 1 aliphatic heterocycles. The number of rotatable bonds is 7. The molecule has 1 saturated heterocycles. The molecule has 0 radical (unpaired) electrons. The minimum atomic E-state index is -4.17. The molecule has 0 spiro atoms. The lowest BCUT2D eigenvalue weighted by molar-refractivity contribution is -0.142. The van der Waals surface area contributed by atoms with E-state index in [0.717, 1.165) is 32.5 Å². The predicted octanol–water partition coefficient (Wildman–Crippen LogP) is 2.62. The van der Waals surface area contributed by atoms with Gasteiger partial charge in [0.2, 0.25) is 0 Å². The van der Waals surface area contributed by atoms with Crippen LogP contribution in [0.2, 0.25) is 0 Å². The lowest BCUT2D eigenvalue weighted by Crippen LogP contribution is -2.49. The summed E-state index contributed by atoms with van der Waals surface area (Å²) >= 11 is 0. The van der Waals surface area contributed by atoms with Gasteiger partial charge >= 0.3 is 6.18 Å². The lowest BCUT2D eigenvalue weighted by Gasteiger charge is -2.33. The van der Waals surface area contributed by atoms with Gasteiger partial charge in [0.25, 0.3) is 0 Å². The molecule has 28 heavy (non-hydrogen) atoms. The third-order valence-corrected chi connectivity index (χ3v) is 5.04. The van der Waals surface area contributed by atoms with Gasteiger partial charge in [-0.3, -0.25) is 14.8 Å². The highest BCUT2D eigenvalue weighted by molar-refractivity contribution is 5.79. The van der Waals surface area contributed by atoms with E-state index < -0.39 is 12.7 Å². The van der Waals surface area contributed by atoms with Crippen molar-refractivity contribution in [1.82, 2.24) is 20.4 Å². The molecule has 0 unspecified atom stereocenters. The normalized spacial score (nSPS) is 17.2. The van der Waals surface area contributed by atoms with Gasteiger partial charge in [0.1, 0.15) is 0 Å². The van der Waals surface area contributed by atoms with Crippen LogP contribution in [0.5, 0.6) is 0 Å². The van der Waals surface area contributed by atoms with Crippen LogP contribution in [-0.2, 0) is 6.54 Å². The summed E-state index contributed by atoms with van der Waals surface area (Å²) in [5, 5.41) is 6.50. The summed E-state index contributed by atoms with van der Waals surface area (Å²) in [5.41, 5.74) is 2.69. The van der Waals surface area contributed by atoms with Crippen molar-refractivity contribution in [1.29, 1.82) is 0 Å². The first-order valence-corrected chi connectivity index (χ1v) is 9.76. The van der Waals surface area contributed by atoms with Crippen LogP contribution in [0, 0.1) is 6.92 Å². The second kappa shape index (κ2) is 10.7. The van der Waals surface area contributed by atoms with Gasteiger partial charge in [-0.25, -0.2) is 0 Å². The van der Waals surface area contributed by atoms with Crippen molar-refractivity contribution in [3.63, 3.8) is 0 Å². The Bertz CT molecular complexity index is 625. The summed E-state index contributed by atoms with van der Waals surface area (Å²) in [6.45, 7) is 4.95. The fraction of sp³-hybridized carbons (Fsp3) is 0.650. The SMILES string of the molecule is CN=C(NCCN(C)CC(F)(F)F)NC1CCN(Cc2ccccc2C)CC1. The molecule has 0 aliphatic carbocycles. The van der Waals surface area contributed by atoms with Crippen molar-refractivity contribution in [2.24, 2.45) is 4.99 Å². The number of aliphatic imine (C=N–C) groups is 1. The minimum Gasteiger partial charge on any atom is -0.355 e. The first-order valence-electron chi connectivity index (χ1n) is 9.76. The molecule has 0 aromatic heterocycles. The summed E-state index contributed by atoms with van der Waals surface area (Å²) < 4.78 is 37.1. The topological polar surface area (TPSA) is 42.9 Å². The number of nitrogens with zero attached hydrogens (tertiary/aromatic N) is 3. The van der Waals surface area contributed by atoms with Crippen molar-refractivity contribution in [2.75, 3.05) is 46.8 Å². The second-order valence-corrected chi connectivity index (χ2v) is 7.47. The van der Waals surface area contributed by atoms with Gasteiger partial charge in [-0.1, -0.05) is 24.3 Å². The number of likely N-dealkylation sites (N-methyl/N-ethyl adjacent to an activating group) is 1. The molecule has 1 aromatic carbocycles. The third-order valence-electron chi connectivity index (χ3n) is 5.04. The molecule has 1 heterocycles. The van der Waals surface area contributed by atoms with Gasteiger partial charge in [-0.15, -0.1) is 0 Å². The van der Waals surface area contributed by atoms with Crippen LogP contribution >= 0.6 is 0 Å². The molecule has 0 bridgehead atoms. The number of benzene rings is 1. The zero-order valence-electron chi connectivity index (χ0n) is 17.0. The molecule has 0 amide bonds. The molecule has 8 heteroatoms. The molecule has 2 rings (SSSR count). The van der Waals surface area contributed by atoms with E-state index in [0.29, 0.717) is 25.1 Å². The third kappa shape index (κ3) is 8.06. The molecule has 158 valence electrons. The van der Waals surface area contributed by atoms with E-state index in [1.807, 2.05) is 0 Å². The molecular formula is C20H32F3N5. The monoisotopic (exact) mass is 399 g/mol. The van der Waals surface area contributed by atoms with E-state index in [9.17, 15) is 13.2 Å². The fourth-order valence-corrected chi connectivity index (χ4v) is 3.40. The van der Waals surface area contributed by atoms with Gasteiger partial charge in [-0.2, -0.15) is 13.2 Å². The van der Waals surface area contributed by atoms with Crippen molar-refractivity contribution in [3.05, 3.63) is 35.4 Å². The Kier molecular flexibility index (Phi) is 8.57. The van der Waals surface area contributed by atoms with E-state index in [1.54, 1.807) is 7.05 Å². The Balaban J connectivity index is 1.68. The molecule has 0 atom stereocenters. The Hall–Kier alpha value is -1.80. The number of nitrogens with one attached hydrogen (secondary N) is 2. The van der Waals surface area contributed by atoms with Crippen molar-refractivity contribution in [2.45, 2.75) is 38.5 Å². The fourth-order valence-electron chi connectivity index (χ4n) is 3.40. The van der Waals surface area contributed by atoms with E-state index >= 15 is 0 Å². The molecule has 1 aromatic rings. The maximum absolute atomic E-state index is 12.4. The second-order valence-electron chi connectivity index (χ2n) is 7.47. The lowest BCUT2D eigenvalue weighted by atomic mass is 10.0. The van der Waals surface area contributed by atoms with Crippen LogP contribution in [0.15, 0.2) is 29.3 Å². The zero-order chi connectivity index (χ0) is 20.6. The van der Waals surface area contributed by atoms with Crippen LogP contribution in [0.3, 0.4) is 0 Å². The highest BCUT2D eigenvalue weighted by Crippen LogP contribution is 2.16. The number of guanidine groups is 1. The summed E-state index contributed by atoms with van der Waals surface area (Å²) in [4.78, 5) is 7.91. The maximum atomic E-state index is 12.4. The largest absolute Gasteiger partial charge is 0.401 e. The number of likely N-dealkylation sites (tertiary alicyclic amines) is 1. The van der Waals surface area contributed by atoms with Crippen LogP contribution in [0.1, 0.15) is 24.0 Å². The summed E-state index contributed by atoms with van der Waals surface area (Å²) in [6, 6.07) is 8.80. The number of hydrogen-bond acceptors (Lipinski definition) is 3. The predicted molar refractivity (Wildman–Crippen MR) is 108 cm³/mol. The van der Waals surface area contributed by atoms with Crippen LogP contribution in [0.25, 0.3) is 0 Å². The summed E-state index contributed by atoms with van der Waals surface area (Å²) in [6.07, 6.45) is -2.14. The Morgan fingerprint density at radius 3 is 2.54 bits per heavy atom. The zero-order valence-corrected chi connectivity index (χ0v) is 17.0. The van der Waals surface area contributed by atoms with Crippen molar-refractivity contribution < 1.29 is 13.2 Å². The number of alkyl halides is 3. The smallest absolute Gasteiger partial charge is 0.355 e. The van der Waals surface area contributed by atoms with Gasteiger partial charge in [0, 0.05) is 45.8 Å². The van der Waals surface area contributed by atoms with E-state index in [2.05, 4.69) is 51.7 Å². The van der Waals surface area contributed by atoms with Gasteiger partial charge < -0.3 is 10.6 Å². The van der Waals surface area contributed by atoms with Crippen molar-refractivity contribution >= 4 is 5.96 Å². The molecule has 1 aliphatic rings. The summed E-state index contributed by atoms with van der Waals surface area (Å²) in [7, 11) is 3.15. The Morgan fingerprint density at radius 1 is 1.25 bits per heavy atom. The number of hydrogen-bond donors (Lipinski definition) is 2. The van der Waals surface area contributed by atoms with Crippen LogP contribution in [-0.4, -0.2) is 74.8 Å². The van der Waals surface area contributed by atoms with Crippen LogP contribution in [0.4, 0.5) is 13.2 Å². The Labute approximate surface area is 166 Å². The number of halogens is 3. The standard InChI is InChI=1S/C20H32F3N5/c1-16-6-4-5-7-17(16)14-28-11-8-18(9-12-28)26-19(24-2)25-10-13-27(3)15-20(21,22)23/h4-7,18H,8-15H2,1-3H3,(H2,24,25,26). The minimum absolute atomic E-state index is 0.301. The highest BCUT2D eigenvalue weighted by atomic mass is 19.4. The molecule has 2 N–H and O–H groups in total. The number of aryl methyl sites for hydroxylation is 1. The van der Waals surface area contributed by atoms with Gasteiger partial charge in [0.15, 0.2) is 5.96 Å². The first-order chi connectivity index (χ1) is 13.3. The van der Waals surface area contributed by atoms with Gasteiger partial charge in [-0.05, 0) is 37.9 Å². The van der Waals surface area contributed by atoms with E-state index in [-0.39, 0.29) is 0 Å². The van der Waals surface area contributed by atoms with Gasteiger partial charge in [0.05, 0.1) is 6.54 Å². The van der Waals surface area contributed by atoms with Crippen LogP contribution < -0.4 is 10.6 Å². The van der Waals surface area contributed by atoms with E-state index in [1.165, 1.54) is 23.1 Å². The average molecular weight is 400 g/mol. The molecular weight excluding hydrogens is 367 g/mol. The number of piperidine rings is 1. The Morgan fingerprint density at radius 2 is 1.93 bits per heavy atom. The molecule has 5 nitrogen and oxygen atoms in total. The quantitative estimate of drug-likeness (QED) is 0.547. The first kappa shape index (κ1) is 22.5. The highest BCUT2D eigenvalue weighted by Gasteiger charge is 2.28. The molecule has 1 fully saturated rings. The average Bonchev–Trinajstić information content (AvgIpc) is 2.62. The van der Waals surface area contributed by atoms with Crippen molar-refractivity contribution in [3.8, 4) is 0 Å². The molecule has 0 saturated carbocycles.